The largest absolute Gasteiger partial charge is 0.491 e. The SMILES string of the molecule is OCCOc1cccc(C=NNc2ncnc3c2cnn3-c2ccccc2)c1. The number of nitrogens with zero attached hydrogens (tertiary/aromatic N) is 5. The number of hydrazone groups is 1. The number of benzene rings is 2. The molecule has 0 atom stereocenters. The highest BCUT2D eigenvalue weighted by Crippen LogP contribution is 2.21. The first-order valence-corrected chi connectivity index (χ1v) is 8.72. The summed E-state index contributed by atoms with van der Waals surface area (Å²) < 4.78 is 7.16. The fourth-order valence-corrected chi connectivity index (χ4v) is 2.71. The number of ether oxygens (including phenoxy) is 1. The van der Waals surface area contributed by atoms with Crippen molar-refractivity contribution in [2.45, 2.75) is 0 Å². The van der Waals surface area contributed by atoms with E-state index < -0.39 is 0 Å². The molecule has 2 heterocycles. The number of para-hydroxylation sites is 1. The van der Waals surface area contributed by atoms with Crippen LogP contribution in [0.25, 0.3) is 16.7 Å². The lowest BCUT2D eigenvalue weighted by atomic mass is 10.2. The standard InChI is InChI=1S/C20H18N6O2/c27-9-10-28-17-8-4-5-15(11-17)12-23-25-19-18-13-24-26(20(18)22-14-21-19)16-6-2-1-3-7-16/h1-8,11-14,27H,9-10H2,(H,21,22,25). The van der Waals surface area contributed by atoms with Crippen molar-refractivity contribution in [3.63, 3.8) is 0 Å². The van der Waals surface area contributed by atoms with Crippen molar-refractivity contribution in [1.29, 1.82) is 0 Å². The van der Waals surface area contributed by atoms with Crippen LogP contribution in [0.15, 0.2) is 72.2 Å². The van der Waals surface area contributed by atoms with Gasteiger partial charge in [-0.2, -0.15) is 10.2 Å². The Morgan fingerprint density at radius 1 is 1.11 bits per heavy atom. The summed E-state index contributed by atoms with van der Waals surface area (Å²) in [5.74, 6) is 1.24. The third-order valence-electron chi connectivity index (χ3n) is 3.97. The molecule has 4 aromatic rings. The van der Waals surface area contributed by atoms with E-state index in [2.05, 4.69) is 25.6 Å². The Labute approximate surface area is 161 Å². The highest BCUT2D eigenvalue weighted by Gasteiger charge is 2.10. The Kier molecular flexibility index (Phi) is 5.21. The Balaban J connectivity index is 1.54. The molecule has 4 rings (SSSR count). The number of nitrogens with one attached hydrogen (secondary N) is 1. The number of aromatic nitrogens is 4. The van der Waals surface area contributed by atoms with Gasteiger partial charge in [0.25, 0.3) is 0 Å². The number of anilines is 1. The molecule has 0 spiro atoms. The fourth-order valence-electron chi connectivity index (χ4n) is 2.71. The summed E-state index contributed by atoms with van der Waals surface area (Å²) in [5, 5.41) is 18.3. The van der Waals surface area contributed by atoms with Crippen molar-refractivity contribution in [3.05, 3.63) is 72.7 Å². The van der Waals surface area contributed by atoms with E-state index in [1.165, 1.54) is 6.33 Å². The molecule has 0 aliphatic heterocycles. The number of aliphatic hydroxyl groups excluding tert-OH is 1. The van der Waals surface area contributed by atoms with Gasteiger partial charge in [-0.25, -0.2) is 14.6 Å². The summed E-state index contributed by atoms with van der Waals surface area (Å²) in [5.41, 5.74) is 5.42. The van der Waals surface area contributed by atoms with Crippen molar-refractivity contribution in [1.82, 2.24) is 19.7 Å². The van der Waals surface area contributed by atoms with Crippen LogP contribution in [0.2, 0.25) is 0 Å². The average molecular weight is 374 g/mol. The zero-order valence-corrected chi connectivity index (χ0v) is 14.9. The van der Waals surface area contributed by atoms with E-state index in [1.54, 1.807) is 17.1 Å². The zero-order chi connectivity index (χ0) is 19.2. The molecule has 8 nitrogen and oxygen atoms in total. The molecule has 0 radical (unpaired) electrons. The maximum Gasteiger partial charge on any atom is 0.168 e. The second-order valence-corrected chi connectivity index (χ2v) is 5.87. The quantitative estimate of drug-likeness (QED) is 0.381. The number of hydrogen-bond acceptors (Lipinski definition) is 7. The van der Waals surface area contributed by atoms with E-state index in [4.69, 9.17) is 9.84 Å². The van der Waals surface area contributed by atoms with Gasteiger partial charge in [-0.3, -0.25) is 5.43 Å². The van der Waals surface area contributed by atoms with E-state index >= 15 is 0 Å². The Morgan fingerprint density at radius 2 is 2.00 bits per heavy atom. The molecule has 0 aliphatic rings. The number of hydrogen-bond donors (Lipinski definition) is 2. The van der Waals surface area contributed by atoms with Crippen LogP contribution in [-0.4, -0.2) is 44.3 Å². The van der Waals surface area contributed by atoms with Crippen molar-refractivity contribution in [2.75, 3.05) is 18.6 Å². The van der Waals surface area contributed by atoms with Gasteiger partial charge in [0.05, 0.1) is 30.1 Å². The van der Waals surface area contributed by atoms with Crippen molar-refractivity contribution in [2.24, 2.45) is 5.10 Å². The van der Waals surface area contributed by atoms with Crippen LogP contribution >= 0.6 is 0 Å². The van der Waals surface area contributed by atoms with Crippen LogP contribution in [0.4, 0.5) is 5.82 Å². The monoisotopic (exact) mass is 374 g/mol. The topological polar surface area (TPSA) is 97.5 Å². The van der Waals surface area contributed by atoms with Crippen LogP contribution in [0.1, 0.15) is 5.56 Å². The number of rotatable bonds is 7. The van der Waals surface area contributed by atoms with Crippen molar-refractivity contribution < 1.29 is 9.84 Å². The maximum absolute atomic E-state index is 8.85. The van der Waals surface area contributed by atoms with E-state index in [1.807, 2.05) is 54.6 Å². The van der Waals surface area contributed by atoms with Gasteiger partial charge in [0.1, 0.15) is 18.7 Å². The Hall–Kier alpha value is -3.78. The van der Waals surface area contributed by atoms with Gasteiger partial charge in [-0.1, -0.05) is 30.3 Å². The Morgan fingerprint density at radius 3 is 2.86 bits per heavy atom. The van der Waals surface area contributed by atoms with Crippen LogP contribution in [0.5, 0.6) is 5.75 Å². The van der Waals surface area contributed by atoms with E-state index in [-0.39, 0.29) is 13.2 Å². The minimum absolute atomic E-state index is 0.0275. The molecule has 2 aromatic heterocycles. The highest BCUT2D eigenvalue weighted by molar-refractivity contribution is 5.88. The van der Waals surface area contributed by atoms with Gasteiger partial charge in [-0.05, 0) is 29.8 Å². The molecule has 2 aromatic carbocycles. The highest BCUT2D eigenvalue weighted by atomic mass is 16.5. The minimum atomic E-state index is -0.0275. The van der Waals surface area contributed by atoms with E-state index in [0.717, 1.165) is 16.6 Å². The van der Waals surface area contributed by atoms with Gasteiger partial charge in [0.15, 0.2) is 11.5 Å². The van der Waals surface area contributed by atoms with Crippen LogP contribution < -0.4 is 10.2 Å². The van der Waals surface area contributed by atoms with Gasteiger partial charge in [0, 0.05) is 0 Å². The number of aliphatic hydroxyl groups is 1. The second-order valence-electron chi connectivity index (χ2n) is 5.87. The number of fused-ring (bicyclic) bond motifs is 1. The van der Waals surface area contributed by atoms with Crippen LogP contribution in [-0.2, 0) is 0 Å². The molecular weight excluding hydrogens is 356 g/mol. The van der Waals surface area contributed by atoms with Gasteiger partial charge >= 0.3 is 0 Å². The third kappa shape index (κ3) is 3.81. The molecule has 8 heteroatoms. The lowest BCUT2D eigenvalue weighted by Crippen LogP contribution is -2.02. The maximum atomic E-state index is 8.85. The predicted octanol–water partition coefficient (Wildman–Crippen LogP) is 2.63. The lowest BCUT2D eigenvalue weighted by Gasteiger charge is -2.05. The van der Waals surface area contributed by atoms with Gasteiger partial charge in [-0.15, -0.1) is 0 Å². The molecule has 0 saturated heterocycles. The normalized spacial score (nSPS) is 11.2. The molecule has 140 valence electrons. The Bertz CT molecular complexity index is 1090. The van der Waals surface area contributed by atoms with Gasteiger partial charge in [0.2, 0.25) is 0 Å². The third-order valence-corrected chi connectivity index (χ3v) is 3.97. The minimum Gasteiger partial charge on any atom is -0.491 e. The molecule has 0 amide bonds. The molecule has 28 heavy (non-hydrogen) atoms. The first kappa shape index (κ1) is 17.6. The molecule has 0 fully saturated rings. The summed E-state index contributed by atoms with van der Waals surface area (Å²) in [7, 11) is 0. The smallest absolute Gasteiger partial charge is 0.168 e. The summed E-state index contributed by atoms with van der Waals surface area (Å²) >= 11 is 0. The zero-order valence-electron chi connectivity index (χ0n) is 14.9. The molecule has 0 saturated carbocycles. The van der Waals surface area contributed by atoms with Gasteiger partial charge < -0.3 is 9.84 Å². The van der Waals surface area contributed by atoms with Crippen LogP contribution in [0.3, 0.4) is 0 Å². The van der Waals surface area contributed by atoms with E-state index in [0.29, 0.717) is 17.2 Å². The van der Waals surface area contributed by atoms with Crippen molar-refractivity contribution >= 4 is 23.1 Å². The molecule has 0 bridgehead atoms. The summed E-state index contributed by atoms with van der Waals surface area (Å²) in [4.78, 5) is 8.61. The lowest BCUT2D eigenvalue weighted by molar-refractivity contribution is 0.201. The first-order chi connectivity index (χ1) is 13.8. The summed E-state index contributed by atoms with van der Waals surface area (Å²) in [6.45, 7) is 0.226. The molecule has 0 aliphatic carbocycles. The summed E-state index contributed by atoms with van der Waals surface area (Å²) in [6.07, 6.45) is 4.86. The predicted molar refractivity (Wildman–Crippen MR) is 107 cm³/mol. The van der Waals surface area contributed by atoms with Crippen LogP contribution in [0, 0.1) is 0 Å². The summed E-state index contributed by atoms with van der Waals surface area (Å²) in [6, 6.07) is 17.2. The first-order valence-electron chi connectivity index (χ1n) is 8.72. The fraction of sp³-hybridized carbons (Fsp3) is 0.100. The van der Waals surface area contributed by atoms with Crippen molar-refractivity contribution in [3.8, 4) is 11.4 Å². The van der Waals surface area contributed by atoms with E-state index in [9.17, 15) is 0 Å². The molecular formula is C20H18N6O2. The molecule has 2 N–H and O–H groups in total. The molecule has 0 unspecified atom stereocenters. The average Bonchev–Trinajstić information content (AvgIpc) is 3.18. The second kappa shape index (κ2) is 8.28.